The Morgan fingerprint density at radius 3 is 2.54 bits per heavy atom. The van der Waals surface area contributed by atoms with Gasteiger partial charge >= 0.3 is 6.01 Å². The van der Waals surface area contributed by atoms with Gasteiger partial charge in [0, 0.05) is 18.0 Å². The minimum atomic E-state index is -0.730. The van der Waals surface area contributed by atoms with Gasteiger partial charge in [0.15, 0.2) is 0 Å². The van der Waals surface area contributed by atoms with Gasteiger partial charge in [-0.15, -0.1) is 0 Å². The molecule has 2 aromatic carbocycles. The fraction of sp³-hybridized carbons (Fsp3) is 0.172. The van der Waals surface area contributed by atoms with Crippen LogP contribution in [-0.4, -0.2) is 32.4 Å². The van der Waals surface area contributed by atoms with E-state index < -0.39 is 23.1 Å². The number of aromatic nitrogens is 2. The molecular formula is C29H25F2N7O3. The highest BCUT2D eigenvalue weighted by molar-refractivity contribution is 5.84. The van der Waals surface area contributed by atoms with Gasteiger partial charge in [-0.1, -0.05) is 18.2 Å². The van der Waals surface area contributed by atoms with E-state index in [1.54, 1.807) is 36.6 Å². The highest BCUT2D eigenvalue weighted by atomic mass is 19.1. The van der Waals surface area contributed by atoms with Gasteiger partial charge in [-0.05, 0) is 50.6 Å². The summed E-state index contributed by atoms with van der Waals surface area (Å²) in [5.41, 5.74) is 5.35. The Morgan fingerprint density at radius 1 is 1.05 bits per heavy atom. The van der Waals surface area contributed by atoms with Crippen molar-refractivity contribution in [1.82, 2.24) is 25.4 Å². The van der Waals surface area contributed by atoms with Gasteiger partial charge in [0.25, 0.3) is 0 Å². The minimum absolute atomic E-state index is 0.0365. The van der Waals surface area contributed by atoms with Gasteiger partial charge in [-0.3, -0.25) is 20.2 Å². The highest BCUT2D eigenvalue weighted by Crippen LogP contribution is 2.40. The predicted octanol–water partition coefficient (Wildman–Crippen LogP) is 4.62. The van der Waals surface area contributed by atoms with Crippen molar-refractivity contribution in [2.45, 2.75) is 32.9 Å². The lowest BCUT2D eigenvalue weighted by molar-refractivity contribution is 0.215. The van der Waals surface area contributed by atoms with Crippen LogP contribution >= 0.6 is 0 Å². The summed E-state index contributed by atoms with van der Waals surface area (Å²) < 4.78 is 40.9. The molecule has 2 aliphatic heterocycles. The van der Waals surface area contributed by atoms with Crippen molar-refractivity contribution in [3.05, 3.63) is 106 Å². The number of nitrogens with two attached hydrogens (primary N) is 1. The fourth-order valence-electron chi connectivity index (χ4n) is 4.86. The molecule has 0 fully saturated rings. The number of fused-ring (bicyclic) bond motifs is 2. The predicted molar refractivity (Wildman–Crippen MR) is 149 cm³/mol. The van der Waals surface area contributed by atoms with E-state index in [2.05, 4.69) is 20.4 Å². The lowest BCUT2D eigenvalue weighted by Crippen LogP contribution is -2.36. The van der Waals surface area contributed by atoms with Crippen molar-refractivity contribution in [2.24, 2.45) is 10.8 Å². The Morgan fingerprint density at radius 2 is 1.80 bits per heavy atom. The average Bonchev–Trinajstić information content (AvgIpc) is 3.33. The maximum atomic E-state index is 14.8. The molecule has 0 spiro atoms. The number of hydrazine groups is 2. The summed E-state index contributed by atoms with van der Waals surface area (Å²) in [6.45, 7) is 5.54. The zero-order valence-corrected chi connectivity index (χ0v) is 22.3. The van der Waals surface area contributed by atoms with E-state index in [1.165, 1.54) is 47.7 Å². The summed E-state index contributed by atoms with van der Waals surface area (Å²) >= 11 is 0. The van der Waals surface area contributed by atoms with Crippen molar-refractivity contribution in [3.63, 3.8) is 0 Å². The van der Waals surface area contributed by atoms with Crippen molar-refractivity contribution in [3.8, 4) is 17.1 Å². The Bertz CT molecular complexity index is 1820. The molecule has 41 heavy (non-hydrogen) atoms. The first-order valence-electron chi connectivity index (χ1n) is 12.8. The topological polar surface area (TPSA) is 122 Å². The highest BCUT2D eigenvalue weighted by Gasteiger charge is 2.37. The number of hydrogen-bond acceptors (Lipinski definition) is 10. The molecule has 10 nitrogen and oxygen atoms in total. The standard InChI is InChI=1S/C29H25F2N7O3/c1-15(2)40-29-34-11-18(12-35-29)25-26-21(13-33-14-37(26)32)38(36-25)16(3)28-23(17-6-4-7-19(30)10-17)27(39)24-20(31)8-5-9-22(24)41-28/h4-16,36H,32H2,1-3H3. The molecular weight excluding hydrogens is 532 g/mol. The molecule has 0 saturated carbocycles. The third-order valence-electron chi connectivity index (χ3n) is 6.65. The zero-order valence-electron chi connectivity index (χ0n) is 22.3. The van der Waals surface area contributed by atoms with E-state index in [9.17, 15) is 13.6 Å². The average molecular weight is 558 g/mol. The first-order chi connectivity index (χ1) is 19.7. The van der Waals surface area contributed by atoms with E-state index >= 15 is 0 Å². The second-order valence-corrected chi connectivity index (χ2v) is 9.78. The molecule has 208 valence electrons. The maximum absolute atomic E-state index is 14.8. The number of benzene rings is 2. The summed E-state index contributed by atoms with van der Waals surface area (Å²) in [6.07, 6.45) is 6.16. The van der Waals surface area contributed by atoms with Crippen LogP contribution in [0.2, 0.25) is 0 Å². The summed E-state index contributed by atoms with van der Waals surface area (Å²) in [4.78, 5) is 26.6. The second kappa shape index (κ2) is 10.1. The second-order valence-electron chi connectivity index (χ2n) is 9.78. The van der Waals surface area contributed by atoms with E-state index in [0.717, 1.165) is 0 Å². The summed E-state index contributed by atoms with van der Waals surface area (Å²) in [7, 11) is 0. The Hall–Kier alpha value is -5.10. The van der Waals surface area contributed by atoms with Crippen LogP contribution in [-0.2, 0) is 0 Å². The SMILES string of the molecule is CC(C)Oc1ncc(C2=C3C(=CN=CN3N)N(C(C)c3oc4cccc(F)c4c(=O)c3-c3cccc(F)c3)N2)cn1. The van der Waals surface area contributed by atoms with E-state index in [4.69, 9.17) is 15.0 Å². The number of rotatable bonds is 6. The Balaban J connectivity index is 1.48. The van der Waals surface area contributed by atoms with Gasteiger partial charge in [-0.25, -0.2) is 29.6 Å². The van der Waals surface area contributed by atoms with Crippen LogP contribution in [0.5, 0.6) is 6.01 Å². The molecule has 1 atom stereocenters. The number of hydrogen-bond donors (Lipinski definition) is 2. The first-order valence-corrected chi connectivity index (χ1v) is 12.8. The normalized spacial score (nSPS) is 15.3. The van der Waals surface area contributed by atoms with Gasteiger partial charge in [0.2, 0.25) is 5.43 Å². The molecule has 4 aromatic rings. The Labute approximate surface area is 233 Å². The molecule has 6 rings (SSSR count). The van der Waals surface area contributed by atoms with E-state index in [1.807, 2.05) is 13.8 Å². The lowest BCUT2D eigenvalue weighted by Gasteiger charge is -2.30. The molecule has 2 aromatic heterocycles. The molecule has 2 aliphatic rings. The van der Waals surface area contributed by atoms with Crippen LogP contribution in [0, 0.1) is 11.6 Å². The molecule has 0 aliphatic carbocycles. The van der Waals surface area contributed by atoms with Crippen molar-refractivity contribution >= 4 is 23.0 Å². The molecule has 0 radical (unpaired) electrons. The number of ether oxygens (including phenoxy) is 1. The van der Waals surface area contributed by atoms with E-state index in [-0.39, 0.29) is 40.0 Å². The monoisotopic (exact) mass is 557 g/mol. The van der Waals surface area contributed by atoms with Gasteiger partial charge in [-0.2, -0.15) is 0 Å². The molecule has 0 saturated heterocycles. The van der Waals surface area contributed by atoms with Gasteiger partial charge in [0.05, 0.1) is 23.6 Å². The third-order valence-corrected chi connectivity index (χ3v) is 6.65. The van der Waals surface area contributed by atoms with Crippen molar-refractivity contribution in [2.75, 3.05) is 0 Å². The molecule has 0 amide bonds. The van der Waals surface area contributed by atoms with Crippen molar-refractivity contribution in [1.29, 1.82) is 0 Å². The molecule has 4 heterocycles. The molecule has 0 bridgehead atoms. The third kappa shape index (κ3) is 4.57. The summed E-state index contributed by atoms with van der Waals surface area (Å²) in [6, 6.07) is 9.23. The number of aliphatic imine (C=N–C) groups is 1. The summed E-state index contributed by atoms with van der Waals surface area (Å²) in [5.74, 6) is 5.20. The van der Waals surface area contributed by atoms with Gasteiger partial charge < -0.3 is 9.15 Å². The quantitative estimate of drug-likeness (QED) is 0.327. The van der Waals surface area contributed by atoms with Crippen molar-refractivity contribution < 1.29 is 17.9 Å². The van der Waals surface area contributed by atoms with Crippen LogP contribution in [0.4, 0.5) is 8.78 Å². The fourth-order valence-corrected chi connectivity index (χ4v) is 4.86. The molecule has 3 N–H and O–H groups in total. The maximum Gasteiger partial charge on any atom is 0.316 e. The summed E-state index contributed by atoms with van der Waals surface area (Å²) in [5, 5.41) is 2.85. The minimum Gasteiger partial charge on any atom is -0.461 e. The van der Waals surface area contributed by atoms with Crippen LogP contribution in [0.15, 0.2) is 86.7 Å². The number of halogens is 2. The van der Waals surface area contributed by atoms with E-state index in [0.29, 0.717) is 22.7 Å². The van der Waals surface area contributed by atoms with Crippen LogP contribution < -0.4 is 21.4 Å². The largest absolute Gasteiger partial charge is 0.461 e. The van der Waals surface area contributed by atoms with Gasteiger partial charge in [0.1, 0.15) is 52.1 Å². The molecule has 1 unspecified atom stereocenters. The lowest BCUT2D eigenvalue weighted by atomic mass is 9.98. The van der Waals surface area contributed by atoms with Crippen LogP contribution in [0.1, 0.15) is 38.1 Å². The number of nitrogens with one attached hydrogen (secondary N) is 1. The first kappa shape index (κ1) is 26.1. The van der Waals surface area contributed by atoms with Crippen LogP contribution in [0.3, 0.4) is 0 Å². The van der Waals surface area contributed by atoms with Crippen LogP contribution in [0.25, 0.3) is 27.8 Å². The smallest absolute Gasteiger partial charge is 0.316 e. The molecule has 12 heteroatoms. The zero-order chi connectivity index (χ0) is 28.8. The number of nitrogens with zero attached hydrogens (tertiary/aromatic N) is 5. The Kier molecular flexibility index (Phi) is 6.46.